The number of hydrogen-bond donors (Lipinski definition) is 2. The summed E-state index contributed by atoms with van der Waals surface area (Å²) in [6.07, 6.45) is 0. The van der Waals surface area contributed by atoms with E-state index in [1.807, 2.05) is 12.1 Å². The van der Waals surface area contributed by atoms with Crippen molar-refractivity contribution in [3.05, 3.63) is 60.3 Å². The molecule has 0 aliphatic rings. The summed E-state index contributed by atoms with van der Waals surface area (Å²) in [6, 6.07) is 18.5. The maximum Gasteiger partial charge on any atom is 0.0945 e. The predicted molar refractivity (Wildman–Crippen MR) is 102 cm³/mol. The van der Waals surface area contributed by atoms with Crippen LogP contribution >= 0.6 is 24.6 Å². The molecule has 0 saturated heterocycles. The van der Waals surface area contributed by atoms with Gasteiger partial charge in [0.15, 0.2) is 0 Å². The summed E-state index contributed by atoms with van der Waals surface area (Å²) in [6.45, 7) is 0.834. The summed E-state index contributed by atoms with van der Waals surface area (Å²) in [5.41, 5.74) is 3.11. The first kappa shape index (κ1) is 16.2. The van der Waals surface area contributed by atoms with E-state index in [1.165, 1.54) is 0 Å². The van der Waals surface area contributed by atoms with Crippen LogP contribution in [0.3, 0.4) is 0 Å². The third-order valence-corrected chi connectivity index (χ3v) is 4.50. The van der Waals surface area contributed by atoms with E-state index >= 15 is 0 Å². The second kappa shape index (κ2) is 7.25. The molecule has 23 heavy (non-hydrogen) atoms. The maximum absolute atomic E-state index is 4.81. The monoisotopic (exact) mass is 341 g/mol. The maximum atomic E-state index is 4.81. The fourth-order valence-electron chi connectivity index (χ4n) is 2.31. The zero-order valence-corrected chi connectivity index (χ0v) is 14.9. The average molecular weight is 342 g/mol. The van der Waals surface area contributed by atoms with E-state index in [0.717, 1.165) is 38.6 Å². The number of nitrogens with zero attached hydrogens (tertiary/aromatic N) is 2. The lowest BCUT2D eigenvalue weighted by molar-refractivity contribution is 0.397. The molecule has 1 aromatic heterocycles. The fourth-order valence-corrected chi connectivity index (χ4v) is 3.12. The van der Waals surface area contributed by atoms with Crippen LogP contribution in [-0.2, 0) is 6.54 Å². The van der Waals surface area contributed by atoms with Gasteiger partial charge in [0.05, 0.1) is 16.9 Å². The fraction of sp³-hybridized carbons (Fsp3) is 0.167. The van der Waals surface area contributed by atoms with Crippen LogP contribution in [0.1, 0.15) is 5.69 Å². The lowest BCUT2D eigenvalue weighted by atomic mass is 10.2. The Bertz CT molecular complexity index is 801. The summed E-state index contributed by atoms with van der Waals surface area (Å²) in [4.78, 5) is 9.04. The van der Waals surface area contributed by atoms with E-state index in [2.05, 4.69) is 78.8 Å². The standard InChI is InChI=1S/C18H19N3S2/c1-21(2)12-14-7-6-13-4-3-5-17(18(13)19-14)20-23-16-10-8-15(22)9-11-16/h3-11,20,22H,12H2,1-2H3. The molecule has 3 rings (SSSR count). The molecular weight excluding hydrogens is 322 g/mol. The zero-order chi connectivity index (χ0) is 16.2. The van der Waals surface area contributed by atoms with Gasteiger partial charge in [0.25, 0.3) is 0 Å². The molecule has 3 aromatic rings. The Balaban J connectivity index is 1.85. The summed E-state index contributed by atoms with van der Waals surface area (Å²) in [5.74, 6) is 0. The molecule has 3 nitrogen and oxygen atoms in total. The zero-order valence-electron chi connectivity index (χ0n) is 13.2. The normalized spacial score (nSPS) is 11.1. The van der Waals surface area contributed by atoms with Gasteiger partial charge in [-0.1, -0.05) is 18.2 Å². The van der Waals surface area contributed by atoms with Crippen molar-refractivity contribution in [3.8, 4) is 0 Å². The quantitative estimate of drug-likeness (QED) is 0.519. The first-order valence-corrected chi connectivity index (χ1v) is 8.63. The molecule has 5 heteroatoms. The molecule has 0 saturated carbocycles. The number of anilines is 1. The molecule has 0 aliphatic carbocycles. The number of benzene rings is 2. The van der Waals surface area contributed by atoms with Crippen LogP contribution in [0, 0.1) is 0 Å². The van der Waals surface area contributed by atoms with Crippen molar-refractivity contribution in [1.29, 1.82) is 0 Å². The average Bonchev–Trinajstić information content (AvgIpc) is 2.54. The highest BCUT2D eigenvalue weighted by atomic mass is 32.2. The van der Waals surface area contributed by atoms with Crippen LogP contribution in [0.2, 0.25) is 0 Å². The number of para-hydroxylation sites is 1. The Hall–Kier alpha value is -1.69. The Morgan fingerprint density at radius 1 is 1.04 bits per heavy atom. The first-order valence-electron chi connectivity index (χ1n) is 7.37. The SMILES string of the molecule is CN(C)Cc1ccc2cccc(NSc3ccc(S)cc3)c2n1. The number of fused-ring (bicyclic) bond motifs is 1. The summed E-state index contributed by atoms with van der Waals surface area (Å²) in [7, 11) is 4.11. The molecule has 0 fully saturated rings. The van der Waals surface area contributed by atoms with Crippen molar-refractivity contribution in [2.45, 2.75) is 16.3 Å². The molecule has 0 bridgehead atoms. The molecule has 118 valence electrons. The molecule has 1 heterocycles. The second-order valence-corrected chi connectivity index (χ2v) is 7.01. The van der Waals surface area contributed by atoms with Gasteiger partial charge in [-0.15, -0.1) is 12.6 Å². The number of nitrogens with one attached hydrogen (secondary N) is 1. The number of rotatable bonds is 5. The smallest absolute Gasteiger partial charge is 0.0945 e. The molecule has 0 unspecified atom stereocenters. The Kier molecular flexibility index (Phi) is 5.10. The van der Waals surface area contributed by atoms with Crippen molar-refractivity contribution in [3.63, 3.8) is 0 Å². The van der Waals surface area contributed by atoms with E-state index in [9.17, 15) is 0 Å². The van der Waals surface area contributed by atoms with E-state index < -0.39 is 0 Å². The van der Waals surface area contributed by atoms with Crippen LogP contribution in [0.5, 0.6) is 0 Å². The number of pyridine rings is 1. The highest BCUT2D eigenvalue weighted by Gasteiger charge is 2.05. The molecular formula is C18H19N3S2. The predicted octanol–water partition coefficient (Wildman–Crippen LogP) is 4.70. The van der Waals surface area contributed by atoms with Crippen LogP contribution in [0.4, 0.5) is 5.69 Å². The van der Waals surface area contributed by atoms with Crippen LogP contribution in [-0.4, -0.2) is 24.0 Å². The van der Waals surface area contributed by atoms with Gasteiger partial charge in [0.1, 0.15) is 0 Å². The number of hydrogen-bond acceptors (Lipinski definition) is 5. The molecule has 0 amide bonds. The van der Waals surface area contributed by atoms with Gasteiger partial charge < -0.3 is 9.62 Å². The minimum atomic E-state index is 0.834. The first-order chi connectivity index (χ1) is 11.1. The van der Waals surface area contributed by atoms with E-state index in [0.29, 0.717) is 0 Å². The van der Waals surface area contributed by atoms with Crippen LogP contribution in [0.15, 0.2) is 64.4 Å². The molecule has 0 radical (unpaired) electrons. The van der Waals surface area contributed by atoms with E-state index in [1.54, 1.807) is 11.9 Å². The van der Waals surface area contributed by atoms with Gasteiger partial charge in [0.2, 0.25) is 0 Å². The largest absolute Gasteiger partial charge is 0.324 e. The summed E-state index contributed by atoms with van der Waals surface area (Å²) >= 11 is 5.90. The molecule has 0 atom stereocenters. The van der Waals surface area contributed by atoms with Crippen molar-refractivity contribution in [2.24, 2.45) is 0 Å². The lowest BCUT2D eigenvalue weighted by Gasteiger charge is -2.12. The highest BCUT2D eigenvalue weighted by Crippen LogP contribution is 2.27. The Labute approximate surface area is 146 Å². The topological polar surface area (TPSA) is 28.2 Å². The van der Waals surface area contributed by atoms with Gasteiger partial charge in [-0.2, -0.15) is 0 Å². The van der Waals surface area contributed by atoms with Gasteiger partial charge >= 0.3 is 0 Å². The van der Waals surface area contributed by atoms with Gasteiger partial charge in [-0.25, -0.2) is 4.98 Å². The summed E-state index contributed by atoms with van der Waals surface area (Å²) in [5, 5.41) is 1.14. The third kappa shape index (κ3) is 4.19. The number of aromatic nitrogens is 1. The van der Waals surface area contributed by atoms with E-state index in [-0.39, 0.29) is 0 Å². The van der Waals surface area contributed by atoms with Crippen molar-refractivity contribution in [1.82, 2.24) is 9.88 Å². The minimum Gasteiger partial charge on any atom is -0.324 e. The minimum absolute atomic E-state index is 0.834. The van der Waals surface area contributed by atoms with Crippen molar-refractivity contribution >= 4 is 41.2 Å². The number of thiol groups is 1. The molecule has 0 aliphatic heterocycles. The Morgan fingerprint density at radius 3 is 2.57 bits per heavy atom. The molecule has 1 N–H and O–H groups in total. The third-order valence-electron chi connectivity index (χ3n) is 3.37. The van der Waals surface area contributed by atoms with Gasteiger partial charge in [-0.3, -0.25) is 0 Å². The molecule has 0 spiro atoms. The van der Waals surface area contributed by atoms with Crippen molar-refractivity contribution < 1.29 is 0 Å². The molecule has 2 aromatic carbocycles. The van der Waals surface area contributed by atoms with Gasteiger partial charge in [-0.05, 0) is 62.4 Å². The van der Waals surface area contributed by atoms with Gasteiger partial charge in [0, 0.05) is 21.7 Å². The van der Waals surface area contributed by atoms with E-state index in [4.69, 9.17) is 4.98 Å². The second-order valence-electron chi connectivity index (χ2n) is 5.62. The van der Waals surface area contributed by atoms with Crippen LogP contribution in [0.25, 0.3) is 10.9 Å². The lowest BCUT2D eigenvalue weighted by Crippen LogP contribution is -2.11. The highest BCUT2D eigenvalue weighted by molar-refractivity contribution is 8.00. The Morgan fingerprint density at radius 2 is 1.83 bits per heavy atom. The van der Waals surface area contributed by atoms with Crippen molar-refractivity contribution in [2.75, 3.05) is 18.8 Å². The van der Waals surface area contributed by atoms with Crippen LogP contribution < -0.4 is 4.72 Å². The summed E-state index contributed by atoms with van der Waals surface area (Å²) < 4.78 is 3.42.